The van der Waals surface area contributed by atoms with E-state index in [9.17, 15) is 4.79 Å². The van der Waals surface area contributed by atoms with Crippen molar-refractivity contribution in [3.63, 3.8) is 0 Å². The smallest absolute Gasteiger partial charge is 0.339 e. The molecule has 0 saturated carbocycles. The van der Waals surface area contributed by atoms with Gasteiger partial charge in [-0.05, 0) is 36.8 Å². The molecule has 0 aliphatic carbocycles. The first-order chi connectivity index (χ1) is 10.7. The summed E-state index contributed by atoms with van der Waals surface area (Å²) in [5.41, 5.74) is 1.25. The summed E-state index contributed by atoms with van der Waals surface area (Å²) in [6.07, 6.45) is 1.67. The number of para-hydroxylation sites is 1. The van der Waals surface area contributed by atoms with Gasteiger partial charge in [0.1, 0.15) is 11.5 Å². The molecule has 0 fully saturated rings. The monoisotopic (exact) mass is 297 g/mol. The average Bonchev–Trinajstić information content (AvgIpc) is 2.57. The zero-order chi connectivity index (χ0) is 15.8. The van der Waals surface area contributed by atoms with Crippen LogP contribution in [0.5, 0.6) is 11.5 Å². The van der Waals surface area contributed by atoms with E-state index in [4.69, 9.17) is 9.47 Å². The highest BCUT2D eigenvalue weighted by molar-refractivity contribution is 6.16. The van der Waals surface area contributed by atoms with Gasteiger partial charge in [0, 0.05) is 12.7 Å². The molecule has 4 heteroatoms. The van der Waals surface area contributed by atoms with Crippen LogP contribution < -0.4 is 10.1 Å². The van der Waals surface area contributed by atoms with Gasteiger partial charge < -0.3 is 14.8 Å². The van der Waals surface area contributed by atoms with E-state index in [0.717, 1.165) is 17.9 Å². The Hall–Kier alpha value is -2.75. The van der Waals surface area contributed by atoms with Crippen LogP contribution in [0.4, 0.5) is 0 Å². The molecule has 0 aliphatic heterocycles. The summed E-state index contributed by atoms with van der Waals surface area (Å²) >= 11 is 0. The van der Waals surface area contributed by atoms with Crippen LogP contribution in [0.25, 0.3) is 5.57 Å². The molecule has 0 bridgehead atoms. The number of benzene rings is 2. The fraction of sp³-hybridized carbons (Fsp3) is 0.167. The summed E-state index contributed by atoms with van der Waals surface area (Å²) in [5, 5.41) is 3.02. The summed E-state index contributed by atoms with van der Waals surface area (Å²) in [6.45, 7) is 2.69. The van der Waals surface area contributed by atoms with Crippen LogP contribution in [0.15, 0.2) is 60.8 Å². The number of methoxy groups -OCH3 is 1. The van der Waals surface area contributed by atoms with E-state index < -0.39 is 0 Å². The Kier molecular flexibility index (Phi) is 5.60. The topological polar surface area (TPSA) is 47.6 Å². The number of rotatable bonds is 6. The van der Waals surface area contributed by atoms with E-state index in [-0.39, 0.29) is 5.97 Å². The van der Waals surface area contributed by atoms with Crippen molar-refractivity contribution >= 4 is 11.5 Å². The number of hydrogen-bond acceptors (Lipinski definition) is 4. The summed E-state index contributed by atoms with van der Waals surface area (Å²) in [7, 11) is 1.37. The molecule has 0 aromatic heterocycles. The number of hydrogen-bond donors (Lipinski definition) is 1. The summed E-state index contributed by atoms with van der Waals surface area (Å²) < 4.78 is 10.5. The van der Waals surface area contributed by atoms with Gasteiger partial charge in [-0.2, -0.15) is 0 Å². The first kappa shape index (κ1) is 15.6. The fourth-order valence-corrected chi connectivity index (χ4v) is 1.90. The van der Waals surface area contributed by atoms with Gasteiger partial charge in [0.15, 0.2) is 0 Å². The van der Waals surface area contributed by atoms with Gasteiger partial charge >= 0.3 is 5.97 Å². The molecule has 0 amide bonds. The van der Waals surface area contributed by atoms with Gasteiger partial charge in [0.05, 0.1) is 12.7 Å². The highest BCUT2D eigenvalue weighted by Crippen LogP contribution is 2.24. The van der Waals surface area contributed by atoms with Crippen LogP contribution in [0.3, 0.4) is 0 Å². The maximum Gasteiger partial charge on any atom is 0.339 e. The summed E-state index contributed by atoms with van der Waals surface area (Å²) in [5.74, 6) is 1.10. The van der Waals surface area contributed by atoms with E-state index in [1.165, 1.54) is 7.11 Å². The third-order valence-electron chi connectivity index (χ3n) is 3.00. The number of ether oxygens (including phenoxy) is 2. The van der Waals surface area contributed by atoms with E-state index >= 15 is 0 Å². The fourth-order valence-electron chi connectivity index (χ4n) is 1.90. The number of esters is 1. The van der Waals surface area contributed by atoms with E-state index in [2.05, 4.69) is 5.32 Å². The van der Waals surface area contributed by atoms with Crippen molar-refractivity contribution < 1.29 is 14.3 Å². The molecule has 1 N–H and O–H groups in total. The molecule has 0 unspecified atom stereocenters. The second kappa shape index (κ2) is 7.88. The van der Waals surface area contributed by atoms with Crippen LogP contribution >= 0.6 is 0 Å². The van der Waals surface area contributed by atoms with Gasteiger partial charge in [0.2, 0.25) is 0 Å². The molecule has 2 rings (SSSR count). The molecular weight excluding hydrogens is 278 g/mol. The van der Waals surface area contributed by atoms with Crippen LogP contribution in [-0.2, 0) is 9.53 Å². The number of carbonyl (C=O) groups excluding carboxylic acids is 1. The van der Waals surface area contributed by atoms with Gasteiger partial charge in [0.25, 0.3) is 0 Å². The van der Waals surface area contributed by atoms with Crippen molar-refractivity contribution in [3.05, 3.63) is 66.4 Å². The Labute approximate surface area is 130 Å². The third-order valence-corrected chi connectivity index (χ3v) is 3.00. The molecule has 0 radical (unpaired) electrons. The first-order valence-corrected chi connectivity index (χ1v) is 7.09. The second-order valence-electron chi connectivity index (χ2n) is 4.55. The summed E-state index contributed by atoms with van der Waals surface area (Å²) in [4.78, 5) is 11.8. The molecule has 2 aromatic carbocycles. The third kappa shape index (κ3) is 4.12. The van der Waals surface area contributed by atoms with E-state index in [1.54, 1.807) is 6.20 Å². The molecule has 0 spiro atoms. The number of carbonyl (C=O) groups is 1. The average molecular weight is 297 g/mol. The Morgan fingerprint density at radius 3 is 2.27 bits per heavy atom. The van der Waals surface area contributed by atoms with Crippen molar-refractivity contribution in [1.29, 1.82) is 0 Å². The molecule has 0 heterocycles. The molecule has 0 aliphatic rings. The largest absolute Gasteiger partial charge is 0.465 e. The molecule has 0 saturated heterocycles. The zero-order valence-electron chi connectivity index (χ0n) is 12.7. The molecule has 114 valence electrons. The predicted molar refractivity (Wildman–Crippen MR) is 86.6 cm³/mol. The maximum atomic E-state index is 11.8. The Morgan fingerprint density at radius 2 is 1.68 bits per heavy atom. The van der Waals surface area contributed by atoms with Crippen molar-refractivity contribution in [2.75, 3.05) is 13.7 Å². The van der Waals surface area contributed by atoms with Gasteiger partial charge in [-0.25, -0.2) is 4.79 Å². The minimum Gasteiger partial charge on any atom is -0.465 e. The van der Waals surface area contributed by atoms with Crippen LogP contribution in [0, 0.1) is 0 Å². The van der Waals surface area contributed by atoms with Crippen molar-refractivity contribution in [1.82, 2.24) is 5.32 Å². The van der Waals surface area contributed by atoms with E-state index in [0.29, 0.717) is 11.3 Å². The second-order valence-corrected chi connectivity index (χ2v) is 4.55. The molecule has 0 atom stereocenters. The van der Waals surface area contributed by atoms with E-state index in [1.807, 2.05) is 61.5 Å². The Bertz CT molecular complexity index is 633. The zero-order valence-corrected chi connectivity index (χ0v) is 12.7. The Balaban J connectivity index is 2.17. The van der Waals surface area contributed by atoms with Gasteiger partial charge in [-0.3, -0.25) is 0 Å². The van der Waals surface area contributed by atoms with Gasteiger partial charge in [-0.1, -0.05) is 30.3 Å². The maximum absolute atomic E-state index is 11.8. The highest BCUT2D eigenvalue weighted by Gasteiger charge is 2.12. The van der Waals surface area contributed by atoms with Crippen LogP contribution in [-0.4, -0.2) is 19.6 Å². The molecular formula is C18H19NO3. The van der Waals surface area contributed by atoms with Crippen molar-refractivity contribution in [2.45, 2.75) is 6.92 Å². The number of nitrogens with one attached hydrogen (secondary N) is 1. The van der Waals surface area contributed by atoms with Crippen molar-refractivity contribution in [3.8, 4) is 11.5 Å². The summed E-state index contributed by atoms with van der Waals surface area (Å²) in [6, 6.07) is 16.9. The van der Waals surface area contributed by atoms with Crippen LogP contribution in [0.1, 0.15) is 12.5 Å². The van der Waals surface area contributed by atoms with Crippen LogP contribution in [0.2, 0.25) is 0 Å². The quantitative estimate of drug-likeness (QED) is 0.653. The predicted octanol–water partition coefficient (Wildman–Crippen LogP) is 3.60. The molecule has 2 aromatic rings. The lowest BCUT2D eigenvalue weighted by molar-refractivity contribution is -0.133. The standard InChI is InChI=1S/C18H19NO3/c1-3-19-13-17(18(20)21-2)14-9-11-16(12-10-14)22-15-7-5-4-6-8-15/h4-13,19H,3H2,1-2H3/b17-13+. The molecule has 22 heavy (non-hydrogen) atoms. The van der Waals surface area contributed by atoms with Gasteiger partial charge in [-0.15, -0.1) is 0 Å². The Morgan fingerprint density at radius 1 is 1.05 bits per heavy atom. The highest BCUT2D eigenvalue weighted by atomic mass is 16.5. The first-order valence-electron chi connectivity index (χ1n) is 7.09. The lowest BCUT2D eigenvalue weighted by Crippen LogP contribution is -2.10. The minimum atomic E-state index is -0.377. The molecule has 4 nitrogen and oxygen atoms in total. The lowest BCUT2D eigenvalue weighted by atomic mass is 10.1. The normalized spacial score (nSPS) is 10.9. The lowest BCUT2D eigenvalue weighted by Gasteiger charge is -2.09. The minimum absolute atomic E-state index is 0.377. The van der Waals surface area contributed by atoms with Crippen molar-refractivity contribution in [2.24, 2.45) is 0 Å². The SMILES string of the molecule is CCN/C=C(/C(=O)OC)c1ccc(Oc2ccccc2)cc1.